The largest absolute Gasteiger partial charge is 0.464 e. The highest BCUT2D eigenvalue weighted by Crippen LogP contribution is 2.31. The molecule has 4 aromatic rings. The normalized spacial score (nSPS) is 13.8. The number of furan rings is 1. The Bertz CT molecular complexity index is 1630. The second kappa shape index (κ2) is 10.7. The first-order valence-corrected chi connectivity index (χ1v) is 12.9. The topological polar surface area (TPSA) is 108 Å². The van der Waals surface area contributed by atoms with Crippen molar-refractivity contribution in [2.45, 2.75) is 32.7 Å². The summed E-state index contributed by atoms with van der Waals surface area (Å²) in [6, 6.07) is 14.2. The van der Waals surface area contributed by atoms with Crippen LogP contribution >= 0.6 is 11.6 Å². The van der Waals surface area contributed by atoms with Gasteiger partial charge in [-0.15, -0.1) is 0 Å². The van der Waals surface area contributed by atoms with Crippen molar-refractivity contribution in [3.63, 3.8) is 0 Å². The van der Waals surface area contributed by atoms with E-state index in [0.29, 0.717) is 40.5 Å². The molecular formula is C29H29ClN4O5. The number of likely N-dealkylation sites (N-methyl/N-ethyl adjacent to an activating group) is 2. The van der Waals surface area contributed by atoms with Gasteiger partial charge in [0.1, 0.15) is 29.7 Å². The summed E-state index contributed by atoms with van der Waals surface area (Å²) in [5, 5.41) is 14.3. The van der Waals surface area contributed by atoms with E-state index in [2.05, 4.69) is 5.32 Å². The molecule has 3 heterocycles. The predicted molar refractivity (Wildman–Crippen MR) is 149 cm³/mol. The Labute approximate surface area is 230 Å². The molecule has 2 aromatic carbocycles. The van der Waals surface area contributed by atoms with Crippen molar-refractivity contribution in [2.75, 3.05) is 25.5 Å². The monoisotopic (exact) mass is 548 g/mol. The SMILES string of the molecule is Cc1ccc(C(O)CN(C)Cc2cc3c4c(c2)c(=O)c(C(=O)NCc2ccc(Cl)cc2)cn4CC(=O)N3C)o1. The number of nitrogens with zero attached hydrogens (tertiary/aromatic N) is 3. The number of aromatic nitrogens is 1. The van der Waals surface area contributed by atoms with Crippen LogP contribution < -0.4 is 15.6 Å². The lowest BCUT2D eigenvalue weighted by Crippen LogP contribution is -2.37. The summed E-state index contributed by atoms with van der Waals surface area (Å²) in [6.07, 6.45) is 0.643. The van der Waals surface area contributed by atoms with E-state index in [-0.39, 0.29) is 24.6 Å². The minimum atomic E-state index is -0.820. The molecule has 2 N–H and O–H groups in total. The van der Waals surface area contributed by atoms with Crippen LogP contribution in [0.25, 0.3) is 10.9 Å². The molecule has 9 nitrogen and oxygen atoms in total. The van der Waals surface area contributed by atoms with E-state index >= 15 is 0 Å². The first kappa shape index (κ1) is 26.7. The Kier molecular flexibility index (Phi) is 7.31. The van der Waals surface area contributed by atoms with E-state index in [9.17, 15) is 19.5 Å². The zero-order chi connectivity index (χ0) is 27.8. The third-order valence-corrected chi connectivity index (χ3v) is 7.14. The number of carbonyl (C=O) groups is 2. The van der Waals surface area contributed by atoms with Gasteiger partial charge in [-0.1, -0.05) is 23.7 Å². The lowest BCUT2D eigenvalue weighted by atomic mass is 10.0. The number of benzene rings is 2. The minimum absolute atomic E-state index is 0.0196. The first-order chi connectivity index (χ1) is 18.6. The fourth-order valence-electron chi connectivity index (χ4n) is 4.87. The fraction of sp³-hybridized carbons (Fsp3) is 0.276. The third-order valence-electron chi connectivity index (χ3n) is 6.89. The van der Waals surface area contributed by atoms with Gasteiger partial charge in [0.15, 0.2) is 0 Å². The molecule has 0 radical (unpaired) electrons. The summed E-state index contributed by atoms with van der Waals surface area (Å²) in [5.41, 5.74) is 2.37. The second-order valence-electron chi connectivity index (χ2n) is 9.93. The van der Waals surface area contributed by atoms with Gasteiger partial charge >= 0.3 is 0 Å². The van der Waals surface area contributed by atoms with Gasteiger partial charge in [0.2, 0.25) is 11.3 Å². The van der Waals surface area contributed by atoms with Crippen molar-refractivity contribution in [1.29, 1.82) is 0 Å². The highest BCUT2D eigenvalue weighted by molar-refractivity contribution is 6.30. The molecule has 2 amide bonds. The van der Waals surface area contributed by atoms with Crippen LogP contribution in [0.4, 0.5) is 5.69 Å². The van der Waals surface area contributed by atoms with Crippen LogP contribution in [0.2, 0.25) is 5.02 Å². The zero-order valence-corrected chi connectivity index (χ0v) is 22.7. The van der Waals surface area contributed by atoms with E-state index in [0.717, 1.165) is 16.9 Å². The van der Waals surface area contributed by atoms with Crippen molar-refractivity contribution < 1.29 is 19.1 Å². The molecule has 202 valence electrons. The van der Waals surface area contributed by atoms with E-state index < -0.39 is 17.4 Å². The van der Waals surface area contributed by atoms with Crippen LogP contribution in [0.15, 0.2) is 63.9 Å². The maximum absolute atomic E-state index is 13.6. The zero-order valence-electron chi connectivity index (χ0n) is 21.9. The van der Waals surface area contributed by atoms with Crippen LogP contribution in [-0.2, 0) is 24.4 Å². The average molecular weight is 549 g/mol. The number of halogens is 1. The van der Waals surface area contributed by atoms with Crippen LogP contribution in [0, 0.1) is 6.92 Å². The number of aliphatic hydroxyl groups excluding tert-OH is 1. The van der Waals surface area contributed by atoms with Crippen LogP contribution in [0.1, 0.15) is 39.1 Å². The molecule has 0 bridgehead atoms. The molecule has 0 aliphatic carbocycles. The number of carbonyl (C=O) groups excluding carboxylic acids is 2. The molecule has 1 atom stereocenters. The van der Waals surface area contributed by atoms with E-state index in [4.69, 9.17) is 16.0 Å². The Balaban J connectivity index is 1.46. The smallest absolute Gasteiger partial charge is 0.257 e. The highest BCUT2D eigenvalue weighted by Gasteiger charge is 2.27. The van der Waals surface area contributed by atoms with Gasteiger partial charge in [-0.05, 0) is 61.5 Å². The minimum Gasteiger partial charge on any atom is -0.464 e. The van der Waals surface area contributed by atoms with Gasteiger partial charge in [0.25, 0.3) is 5.91 Å². The van der Waals surface area contributed by atoms with Crippen molar-refractivity contribution in [3.05, 3.63) is 98.2 Å². The van der Waals surface area contributed by atoms with Crippen molar-refractivity contribution >= 4 is 40.0 Å². The molecule has 5 rings (SSSR count). The molecule has 0 spiro atoms. The van der Waals surface area contributed by atoms with Gasteiger partial charge in [0, 0.05) is 43.3 Å². The summed E-state index contributed by atoms with van der Waals surface area (Å²) in [5.74, 6) is 0.523. The Hall–Kier alpha value is -3.92. The Morgan fingerprint density at radius 3 is 2.59 bits per heavy atom. The van der Waals surface area contributed by atoms with Crippen LogP contribution in [0.3, 0.4) is 0 Å². The fourth-order valence-corrected chi connectivity index (χ4v) is 5.00. The average Bonchev–Trinajstić information content (AvgIpc) is 3.34. The first-order valence-electron chi connectivity index (χ1n) is 12.5. The second-order valence-corrected chi connectivity index (χ2v) is 10.4. The number of pyridine rings is 1. The quantitative estimate of drug-likeness (QED) is 0.348. The molecule has 0 saturated carbocycles. The molecule has 1 aliphatic rings. The predicted octanol–water partition coefficient (Wildman–Crippen LogP) is 3.63. The highest BCUT2D eigenvalue weighted by atomic mass is 35.5. The van der Waals surface area contributed by atoms with Gasteiger partial charge in [-0.3, -0.25) is 19.3 Å². The number of nitrogens with one attached hydrogen (secondary N) is 1. The summed E-state index contributed by atoms with van der Waals surface area (Å²) < 4.78 is 7.20. The van der Waals surface area contributed by atoms with Crippen molar-refractivity contribution in [2.24, 2.45) is 0 Å². The van der Waals surface area contributed by atoms with Gasteiger partial charge < -0.3 is 24.3 Å². The Morgan fingerprint density at radius 1 is 1.15 bits per heavy atom. The number of aliphatic hydroxyl groups is 1. The number of amides is 2. The summed E-state index contributed by atoms with van der Waals surface area (Å²) in [6.45, 7) is 2.76. The van der Waals surface area contributed by atoms with Crippen molar-refractivity contribution in [3.8, 4) is 0 Å². The number of hydrogen-bond donors (Lipinski definition) is 2. The molecule has 10 heteroatoms. The van der Waals surface area contributed by atoms with E-state index in [1.807, 2.05) is 24.9 Å². The number of hydrogen-bond acceptors (Lipinski definition) is 6. The Morgan fingerprint density at radius 2 is 1.90 bits per heavy atom. The summed E-state index contributed by atoms with van der Waals surface area (Å²) in [4.78, 5) is 42.9. The van der Waals surface area contributed by atoms with E-state index in [1.54, 1.807) is 54.1 Å². The standard InChI is InChI=1S/C29H29ClN4O5/c1-17-4-9-25(39-17)24(35)15-32(2)13-19-10-21-27-23(11-19)33(3)26(36)16-34(27)14-22(28(21)37)29(38)31-12-18-5-7-20(30)8-6-18/h4-11,14,24,35H,12-13,15-16H2,1-3H3,(H,31,38). The summed E-state index contributed by atoms with van der Waals surface area (Å²) >= 11 is 5.94. The maximum atomic E-state index is 13.6. The molecule has 2 aromatic heterocycles. The lowest BCUT2D eigenvalue weighted by Gasteiger charge is -2.29. The maximum Gasteiger partial charge on any atom is 0.257 e. The van der Waals surface area contributed by atoms with E-state index in [1.165, 1.54) is 11.1 Å². The third kappa shape index (κ3) is 5.47. The molecule has 1 unspecified atom stereocenters. The molecular weight excluding hydrogens is 520 g/mol. The number of aryl methyl sites for hydroxylation is 1. The molecule has 39 heavy (non-hydrogen) atoms. The molecule has 0 fully saturated rings. The number of anilines is 1. The molecule has 1 aliphatic heterocycles. The lowest BCUT2D eigenvalue weighted by molar-refractivity contribution is -0.119. The van der Waals surface area contributed by atoms with Gasteiger partial charge in [-0.2, -0.15) is 0 Å². The summed E-state index contributed by atoms with van der Waals surface area (Å²) in [7, 11) is 3.52. The van der Waals surface area contributed by atoms with Gasteiger partial charge in [0.05, 0.1) is 11.2 Å². The van der Waals surface area contributed by atoms with Crippen molar-refractivity contribution in [1.82, 2.24) is 14.8 Å². The van der Waals surface area contributed by atoms with Crippen LogP contribution in [0.5, 0.6) is 0 Å². The van der Waals surface area contributed by atoms with Crippen LogP contribution in [-0.4, -0.2) is 47.0 Å². The molecule has 0 saturated heterocycles. The number of rotatable bonds is 8. The van der Waals surface area contributed by atoms with Gasteiger partial charge in [-0.25, -0.2) is 0 Å².